The lowest BCUT2D eigenvalue weighted by Crippen LogP contribution is -2.27. The predicted molar refractivity (Wildman–Crippen MR) is 75.3 cm³/mol. The van der Waals surface area contributed by atoms with E-state index in [2.05, 4.69) is 25.2 Å². The van der Waals surface area contributed by atoms with Crippen molar-refractivity contribution in [3.8, 4) is 0 Å². The van der Waals surface area contributed by atoms with E-state index < -0.39 is 0 Å². The van der Waals surface area contributed by atoms with Crippen molar-refractivity contribution in [1.82, 2.24) is 0 Å². The van der Waals surface area contributed by atoms with Gasteiger partial charge in [-0.2, -0.15) is 0 Å². The van der Waals surface area contributed by atoms with Gasteiger partial charge in [0.05, 0.1) is 0 Å². The van der Waals surface area contributed by atoms with E-state index >= 15 is 0 Å². The van der Waals surface area contributed by atoms with Gasteiger partial charge in [0.25, 0.3) is 0 Å². The Morgan fingerprint density at radius 2 is 2.18 bits per heavy atom. The molecule has 3 N–H and O–H groups in total. The van der Waals surface area contributed by atoms with Crippen LogP contribution in [0.3, 0.4) is 0 Å². The number of nitrogens with two attached hydrogens (primary N) is 1. The molecule has 0 bridgehead atoms. The molecule has 0 spiro atoms. The first-order chi connectivity index (χ1) is 8.19. The molecule has 2 rings (SSSR count). The van der Waals surface area contributed by atoms with E-state index in [1.807, 2.05) is 12.1 Å². The summed E-state index contributed by atoms with van der Waals surface area (Å²) in [6.07, 6.45) is 6.72. The smallest absolute Gasteiger partial charge is 0.0373 e. The zero-order valence-corrected chi connectivity index (χ0v) is 11.0. The second kappa shape index (κ2) is 5.44. The number of nitrogen functional groups attached to an aromatic ring is 1. The largest absolute Gasteiger partial charge is 0.399 e. The third-order valence-electron chi connectivity index (χ3n) is 3.97. The molecular weight excluding hydrogens is 208 g/mol. The number of hydrogen-bond acceptors (Lipinski definition) is 2. The molecule has 2 unspecified atom stereocenters. The molecule has 2 atom stereocenters. The lowest BCUT2D eigenvalue weighted by molar-refractivity contribution is 0.327. The van der Waals surface area contributed by atoms with Crippen LogP contribution in [-0.2, 0) is 0 Å². The summed E-state index contributed by atoms with van der Waals surface area (Å²) >= 11 is 0. The summed E-state index contributed by atoms with van der Waals surface area (Å²) in [6.45, 7) is 4.43. The monoisotopic (exact) mass is 232 g/mol. The summed E-state index contributed by atoms with van der Waals surface area (Å²) < 4.78 is 0. The predicted octanol–water partition coefficient (Wildman–Crippen LogP) is 3.96. The number of nitrogens with one attached hydrogen (secondary N) is 1. The molecule has 0 heterocycles. The van der Waals surface area contributed by atoms with Crippen LogP contribution < -0.4 is 11.1 Å². The van der Waals surface area contributed by atoms with Crippen LogP contribution in [0.25, 0.3) is 0 Å². The summed E-state index contributed by atoms with van der Waals surface area (Å²) in [5, 5.41) is 3.69. The van der Waals surface area contributed by atoms with E-state index in [-0.39, 0.29) is 0 Å². The Balaban J connectivity index is 2.00. The maximum Gasteiger partial charge on any atom is 0.0373 e. The van der Waals surface area contributed by atoms with Gasteiger partial charge in [-0.05, 0) is 49.4 Å². The number of anilines is 2. The summed E-state index contributed by atoms with van der Waals surface area (Å²) in [7, 11) is 0. The molecule has 0 aliphatic heterocycles. The Bertz CT molecular complexity index is 373. The van der Waals surface area contributed by atoms with Gasteiger partial charge in [0.1, 0.15) is 0 Å². The van der Waals surface area contributed by atoms with Gasteiger partial charge in [0.15, 0.2) is 0 Å². The van der Waals surface area contributed by atoms with Gasteiger partial charge >= 0.3 is 0 Å². The van der Waals surface area contributed by atoms with Crippen LogP contribution in [0.15, 0.2) is 18.2 Å². The first kappa shape index (κ1) is 12.3. The van der Waals surface area contributed by atoms with Crippen LogP contribution in [-0.4, -0.2) is 6.04 Å². The molecule has 1 aromatic carbocycles. The van der Waals surface area contributed by atoms with Crippen LogP contribution in [0, 0.1) is 12.8 Å². The molecule has 0 aromatic heterocycles. The highest BCUT2D eigenvalue weighted by Crippen LogP contribution is 2.29. The van der Waals surface area contributed by atoms with Crippen molar-refractivity contribution in [3.63, 3.8) is 0 Å². The summed E-state index contributed by atoms with van der Waals surface area (Å²) in [5.74, 6) is 0.912. The first-order valence-corrected chi connectivity index (χ1v) is 6.81. The average Bonchev–Trinajstić information content (AvgIpc) is 2.33. The summed E-state index contributed by atoms with van der Waals surface area (Å²) in [4.78, 5) is 0. The molecule has 1 saturated carbocycles. The lowest BCUT2D eigenvalue weighted by Gasteiger charge is -2.30. The summed E-state index contributed by atoms with van der Waals surface area (Å²) in [5.41, 5.74) is 9.13. The highest BCUT2D eigenvalue weighted by molar-refractivity contribution is 5.57. The zero-order valence-electron chi connectivity index (χ0n) is 11.0. The quantitative estimate of drug-likeness (QED) is 0.774. The van der Waals surface area contributed by atoms with Crippen LogP contribution in [0.1, 0.15) is 44.6 Å². The molecule has 2 heteroatoms. The second-order valence-electron chi connectivity index (χ2n) is 5.36. The molecule has 0 saturated heterocycles. The van der Waals surface area contributed by atoms with Crippen molar-refractivity contribution < 1.29 is 0 Å². The number of benzene rings is 1. The Hall–Kier alpha value is -1.18. The Morgan fingerprint density at radius 1 is 1.35 bits per heavy atom. The molecule has 1 aliphatic carbocycles. The van der Waals surface area contributed by atoms with Gasteiger partial charge in [-0.25, -0.2) is 0 Å². The molecule has 0 radical (unpaired) electrons. The van der Waals surface area contributed by atoms with Crippen molar-refractivity contribution in [1.29, 1.82) is 0 Å². The van der Waals surface area contributed by atoms with E-state index in [4.69, 9.17) is 5.73 Å². The molecule has 2 nitrogen and oxygen atoms in total. The molecule has 1 fully saturated rings. The highest BCUT2D eigenvalue weighted by atomic mass is 14.9. The van der Waals surface area contributed by atoms with E-state index in [1.165, 1.54) is 43.4 Å². The van der Waals surface area contributed by atoms with Crippen molar-refractivity contribution >= 4 is 11.4 Å². The molecular formula is C15H24N2. The molecule has 1 aliphatic rings. The van der Waals surface area contributed by atoms with E-state index in [9.17, 15) is 0 Å². The number of hydrogen-bond donors (Lipinski definition) is 2. The van der Waals surface area contributed by atoms with Gasteiger partial charge in [0, 0.05) is 17.4 Å². The number of aryl methyl sites for hydroxylation is 1. The fourth-order valence-electron chi connectivity index (χ4n) is 2.86. The Morgan fingerprint density at radius 3 is 2.88 bits per heavy atom. The minimum absolute atomic E-state index is 0.649. The van der Waals surface area contributed by atoms with Crippen LogP contribution >= 0.6 is 0 Å². The van der Waals surface area contributed by atoms with E-state index in [0.29, 0.717) is 6.04 Å². The van der Waals surface area contributed by atoms with Gasteiger partial charge in [-0.15, -0.1) is 0 Å². The standard InChI is InChI=1S/C15H24N2/c1-3-12-5-4-6-14(10-12)17-15-8-7-13(16)9-11(15)2/h7-9,12,14,17H,3-6,10,16H2,1-2H3. The van der Waals surface area contributed by atoms with Crippen LogP contribution in [0.5, 0.6) is 0 Å². The molecule has 1 aromatic rings. The first-order valence-electron chi connectivity index (χ1n) is 6.81. The van der Waals surface area contributed by atoms with Crippen LogP contribution in [0.2, 0.25) is 0 Å². The summed E-state index contributed by atoms with van der Waals surface area (Å²) in [6, 6.07) is 6.79. The average molecular weight is 232 g/mol. The molecule has 0 amide bonds. The highest BCUT2D eigenvalue weighted by Gasteiger charge is 2.20. The third kappa shape index (κ3) is 3.15. The fourth-order valence-corrected chi connectivity index (χ4v) is 2.86. The molecule has 94 valence electrons. The number of rotatable bonds is 3. The minimum Gasteiger partial charge on any atom is -0.399 e. The maximum atomic E-state index is 5.78. The van der Waals surface area contributed by atoms with Gasteiger partial charge < -0.3 is 11.1 Å². The van der Waals surface area contributed by atoms with E-state index in [1.54, 1.807) is 0 Å². The second-order valence-corrected chi connectivity index (χ2v) is 5.36. The SMILES string of the molecule is CCC1CCCC(Nc2ccc(N)cc2C)C1. The van der Waals surface area contributed by atoms with Crippen molar-refractivity contribution in [3.05, 3.63) is 23.8 Å². The van der Waals surface area contributed by atoms with Crippen molar-refractivity contribution in [2.75, 3.05) is 11.1 Å². The van der Waals surface area contributed by atoms with Gasteiger partial charge in [-0.1, -0.05) is 26.2 Å². The van der Waals surface area contributed by atoms with Crippen LogP contribution in [0.4, 0.5) is 11.4 Å². The van der Waals surface area contributed by atoms with Crippen molar-refractivity contribution in [2.45, 2.75) is 52.0 Å². The third-order valence-corrected chi connectivity index (χ3v) is 3.97. The Kier molecular flexibility index (Phi) is 3.93. The normalized spacial score (nSPS) is 24.6. The van der Waals surface area contributed by atoms with Gasteiger partial charge in [-0.3, -0.25) is 0 Å². The minimum atomic E-state index is 0.649. The van der Waals surface area contributed by atoms with E-state index in [0.717, 1.165) is 11.6 Å². The fraction of sp³-hybridized carbons (Fsp3) is 0.600. The maximum absolute atomic E-state index is 5.78. The molecule has 17 heavy (non-hydrogen) atoms. The lowest BCUT2D eigenvalue weighted by atomic mass is 9.84. The Labute approximate surface area is 105 Å². The topological polar surface area (TPSA) is 38.0 Å². The zero-order chi connectivity index (χ0) is 12.3. The van der Waals surface area contributed by atoms with Gasteiger partial charge in [0.2, 0.25) is 0 Å². The van der Waals surface area contributed by atoms with Crippen molar-refractivity contribution in [2.24, 2.45) is 5.92 Å².